The van der Waals surface area contributed by atoms with Gasteiger partial charge in [0.2, 0.25) is 0 Å². The van der Waals surface area contributed by atoms with Crippen molar-refractivity contribution in [3.05, 3.63) is 39.1 Å². The Labute approximate surface area is 128 Å². The number of halogens is 2. The first kappa shape index (κ1) is 14.6. The average molecular weight is 383 g/mol. The van der Waals surface area contributed by atoms with Crippen molar-refractivity contribution >= 4 is 54.6 Å². The van der Waals surface area contributed by atoms with Gasteiger partial charge in [0.25, 0.3) is 10.0 Å². The Morgan fingerprint density at radius 1 is 1.32 bits per heavy atom. The molecule has 0 atom stereocenters. The summed E-state index contributed by atoms with van der Waals surface area (Å²) in [6.07, 6.45) is 0. The number of rotatable bonds is 4. The second-order valence-corrected chi connectivity index (χ2v) is 7.99. The molecule has 2 aromatic rings. The van der Waals surface area contributed by atoms with Crippen LogP contribution in [0.5, 0.6) is 5.75 Å². The van der Waals surface area contributed by atoms with Gasteiger partial charge in [-0.2, -0.15) is 0 Å². The van der Waals surface area contributed by atoms with Crippen LogP contribution >= 0.6 is 38.9 Å². The minimum Gasteiger partial charge on any atom is -0.497 e. The normalized spacial score (nSPS) is 11.3. The van der Waals surface area contributed by atoms with Gasteiger partial charge < -0.3 is 4.74 Å². The molecule has 0 spiro atoms. The van der Waals surface area contributed by atoms with E-state index in [0.717, 1.165) is 11.3 Å². The number of methoxy groups -OCH3 is 1. The molecule has 0 aliphatic heterocycles. The van der Waals surface area contributed by atoms with E-state index in [1.165, 1.54) is 13.2 Å². The highest BCUT2D eigenvalue weighted by Gasteiger charge is 2.18. The van der Waals surface area contributed by atoms with Crippen molar-refractivity contribution in [2.45, 2.75) is 4.21 Å². The van der Waals surface area contributed by atoms with E-state index < -0.39 is 10.0 Å². The summed E-state index contributed by atoms with van der Waals surface area (Å²) in [5.41, 5.74) is 0.406. The fourth-order valence-electron chi connectivity index (χ4n) is 1.35. The minimum absolute atomic E-state index is 0.159. The molecule has 1 heterocycles. The number of ether oxygens (including phenoxy) is 1. The van der Waals surface area contributed by atoms with Gasteiger partial charge in [0.1, 0.15) is 9.96 Å². The molecule has 1 aromatic heterocycles. The van der Waals surface area contributed by atoms with E-state index in [4.69, 9.17) is 16.3 Å². The van der Waals surface area contributed by atoms with Crippen molar-refractivity contribution < 1.29 is 13.2 Å². The third kappa shape index (κ3) is 3.42. The van der Waals surface area contributed by atoms with Gasteiger partial charge in [-0.3, -0.25) is 4.72 Å². The van der Waals surface area contributed by atoms with Gasteiger partial charge in [-0.1, -0.05) is 11.6 Å². The number of sulfonamides is 1. The standard InChI is InChI=1S/C11H9BrClNO3S2/c1-17-7-2-3-8(12)9(6-7)14-19(15,16)11-5-4-10(13)18-11/h2-6,14H,1H3. The van der Waals surface area contributed by atoms with Crippen molar-refractivity contribution in [2.24, 2.45) is 0 Å². The van der Waals surface area contributed by atoms with E-state index in [2.05, 4.69) is 20.7 Å². The Morgan fingerprint density at radius 2 is 2.05 bits per heavy atom. The van der Waals surface area contributed by atoms with E-state index in [0.29, 0.717) is 20.2 Å². The Hall–Kier alpha value is -0.760. The van der Waals surface area contributed by atoms with Crippen LogP contribution in [0, 0.1) is 0 Å². The fraction of sp³-hybridized carbons (Fsp3) is 0.0909. The molecule has 1 aromatic carbocycles. The highest BCUT2D eigenvalue weighted by atomic mass is 79.9. The Balaban J connectivity index is 2.35. The molecule has 0 unspecified atom stereocenters. The number of hydrogen-bond acceptors (Lipinski definition) is 4. The predicted molar refractivity (Wildman–Crippen MR) is 80.8 cm³/mol. The van der Waals surface area contributed by atoms with Crippen LogP contribution in [0.15, 0.2) is 39.0 Å². The molecule has 4 nitrogen and oxygen atoms in total. The molecule has 0 saturated heterocycles. The second kappa shape index (κ2) is 5.70. The second-order valence-electron chi connectivity index (χ2n) is 3.51. The molecule has 8 heteroatoms. The largest absolute Gasteiger partial charge is 0.497 e. The lowest BCUT2D eigenvalue weighted by atomic mass is 10.3. The van der Waals surface area contributed by atoms with Crippen LogP contribution in [0.3, 0.4) is 0 Å². The van der Waals surface area contributed by atoms with Crippen LogP contribution in [0.25, 0.3) is 0 Å². The van der Waals surface area contributed by atoms with Crippen molar-refractivity contribution in [3.63, 3.8) is 0 Å². The zero-order chi connectivity index (χ0) is 14.0. The van der Waals surface area contributed by atoms with Crippen molar-refractivity contribution in [1.82, 2.24) is 0 Å². The predicted octanol–water partition coefficient (Wildman–Crippen LogP) is 3.97. The quantitative estimate of drug-likeness (QED) is 0.870. The first-order chi connectivity index (χ1) is 8.92. The monoisotopic (exact) mass is 381 g/mol. The SMILES string of the molecule is COc1ccc(Br)c(NS(=O)(=O)c2ccc(Cl)s2)c1. The summed E-state index contributed by atoms with van der Waals surface area (Å²) in [5.74, 6) is 0.560. The topological polar surface area (TPSA) is 55.4 Å². The van der Waals surface area contributed by atoms with Crippen molar-refractivity contribution in [3.8, 4) is 5.75 Å². The molecular formula is C11H9BrClNO3S2. The highest BCUT2D eigenvalue weighted by Crippen LogP contribution is 2.31. The summed E-state index contributed by atoms with van der Waals surface area (Å²) in [4.78, 5) is 0. The smallest absolute Gasteiger partial charge is 0.271 e. The highest BCUT2D eigenvalue weighted by molar-refractivity contribution is 9.10. The summed E-state index contributed by atoms with van der Waals surface area (Å²) in [6.45, 7) is 0. The molecule has 0 saturated carbocycles. The van der Waals surface area contributed by atoms with Crippen LogP contribution in [0.1, 0.15) is 0 Å². The number of benzene rings is 1. The third-order valence-corrected chi connectivity index (χ3v) is 6.01. The molecular weight excluding hydrogens is 374 g/mol. The number of thiophene rings is 1. The molecule has 102 valence electrons. The van der Waals surface area contributed by atoms with Crippen LogP contribution in [0.4, 0.5) is 5.69 Å². The molecule has 0 fully saturated rings. The molecule has 0 aliphatic carbocycles. The summed E-state index contributed by atoms with van der Waals surface area (Å²) >= 11 is 10.0. The van der Waals surface area contributed by atoms with Crippen LogP contribution in [-0.2, 0) is 10.0 Å². The van der Waals surface area contributed by atoms with Gasteiger partial charge in [-0.15, -0.1) is 11.3 Å². The molecule has 19 heavy (non-hydrogen) atoms. The van der Waals surface area contributed by atoms with E-state index >= 15 is 0 Å². The molecule has 0 aliphatic rings. The van der Waals surface area contributed by atoms with Crippen LogP contribution < -0.4 is 9.46 Å². The maximum absolute atomic E-state index is 12.1. The van der Waals surface area contributed by atoms with Gasteiger partial charge in [-0.25, -0.2) is 8.42 Å². The Morgan fingerprint density at radius 3 is 2.63 bits per heavy atom. The van der Waals surface area contributed by atoms with Crippen molar-refractivity contribution in [1.29, 1.82) is 0 Å². The van der Waals surface area contributed by atoms with E-state index in [1.54, 1.807) is 24.3 Å². The van der Waals surface area contributed by atoms with Crippen LogP contribution in [-0.4, -0.2) is 15.5 Å². The van der Waals surface area contributed by atoms with E-state index in [9.17, 15) is 8.42 Å². The Bertz CT molecular complexity index is 700. The summed E-state index contributed by atoms with van der Waals surface area (Å²) < 4.78 is 33.0. The summed E-state index contributed by atoms with van der Waals surface area (Å²) in [7, 11) is -2.13. The fourth-order valence-corrected chi connectivity index (χ4v) is 4.38. The summed E-state index contributed by atoms with van der Waals surface area (Å²) in [5, 5.41) is 0. The van der Waals surface area contributed by atoms with Crippen LogP contribution in [0.2, 0.25) is 4.34 Å². The average Bonchev–Trinajstić information content (AvgIpc) is 2.79. The first-order valence-corrected chi connectivity index (χ1v) is 8.51. The number of anilines is 1. The lowest BCUT2D eigenvalue weighted by Crippen LogP contribution is -2.11. The third-order valence-electron chi connectivity index (χ3n) is 2.23. The zero-order valence-electron chi connectivity index (χ0n) is 9.68. The molecule has 2 rings (SSSR count). The van der Waals surface area contributed by atoms with Gasteiger partial charge in [0.15, 0.2) is 0 Å². The maximum Gasteiger partial charge on any atom is 0.271 e. The van der Waals surface area contributed by atoms with E-state index in [1.807, 2.05) is 0 Å². The first-order valence-electron chi connectivity index (χ1n) is 5.04. The number of hydrogen-bond donors (Lipinski definition) is 1. The maximum atomic E-state index is 12.1. The van der Waals surface area contributed by atoms with Gasteiger partial charge >= 0.3 is 0 Å². The van der Waals surface area contributed by atoms with Crippen molar-refractivity contribution in [2.75, 3.05) is 11.8 Å². The molecule has 1 N–H and O–H groups in total. The molecule has 0 amide bonds. The lowest BCUT2D eigenvalue weighted by Gasteiger charge is -2.09. The van der Waals surface area contributed by atoms with Gasteiger partial charge in [0, 0.05) is 10.5 Å². The van der Waals surface area contributed by atoms with E-state index in [-0.39, 0.29) is 4.21 Å². The molecule has 0 bridgehead atoms. The van der Waals surface area contributed by atoms with Gasteiger partial charge in [0.05, 0.1) is 17.1 Å². The minimum atomic E-state index is -3.64. The lowest BCUT2D eigenvalue weighted by molar-refractivity contribution is 0.415. The number of nitrogens with one attached hydrogen (secondary N) is 1. The van der Waals surface area contributed by atoms with Gasteiger partial charge in [-0.05, 0) is 40.2 Å². The summed E-state index contributed by atoms with van der Waals surface area (Å²) in [6, 6.07) is 8.03. The zero-order valence-corrected chi connectivity index (χ0v) is 13.7. The molecule has 0 radical (unpaired) electrons. The Kier molecular flexibility index (Phi) is 4.39.